The third kappa shape index (κ3) is 2.36. The Morgan fingerprint density at radius 3 is 2.87 bits per heavy atom. The molecule has 0 saturated heterocycles. The minimum atomic E-state index is -0.293. The Balaban J connectivity index is 2.15. The van der Waals surface area contributed by atoms with Crippen LogP contribution in [0.1, 0.15) is 28.8 Å². The molecule has 3 heteroatoms. The molecule has 0 spiro atoms. The van der Waals surface area contributed by atoms with Gasteiger partial charge in [0.05, 0.1) is 12.7 Å². The number of nitrogens with two attached hydrogens (primary N) is 1. The van der Waals surface area contributed by atoms with Gasteiger partial charge >= 0.3 is 5.97 Å². The standard InChI is InChI=1S/C12H15NO2/c1-15-11(14)10-4-2-3-9(7-10)8-12(13)5-6-12/h2-4,7H,5-6,8,13H2,1H3. The van der Waals surface area contributed by atoms with Gasteiger partial charge < -0.3 is 10.5 Å². The van der Waals surface area contributed by atoms with Crippen LogP contribution >= 0.6 is 0 Å². The first-order valence-corrected chi connectivity index (χ1v) is 5.09. The smallest absolute Gasteiger partial charge is 0.337 e. The van der Waals surface area contributed by atoms with E-state index < -0.39 is 0 Å². The number of rotatable bonds is 3. The molecule has 1 aromatic rings. The van der Waals surface area contributed by atoms with E-state index in [4.69, 9.17) is 5.73 Å². The van der Waals surface area contributed by atoms with Crippen LogP contribution in [0.4, 0.5) is 0 Å². The molecular formula is C12H15NO2. The van der Waals surface area contributed by atoms with Gasteiger partial charge in [0.25, 0.3) is 0 Å². The molecule has 2 N–H and O–H groups in total. The molecule has 0 heterocycles. The number of hydrogen-bond donors (Lipinski definition) is 1. The maximum atomic E-state index is 11.3. The SMILES string of the molecule is COC(=O)c1cccc(CC2(N)CC2)c1. The van der Waals surface area contributed by atoms with Crippen LogP contribution in [0, 0.1) is 0 Å². The van der Waals surface area contributed by atoms with Crippen molar-refractivity contribution < 1.29 is 9.53 Å². The summed E-state index contributed by atoms with van der Waals surface area (Å²) in [6.45, 7) is 0. The lowest BCUT2D eigenvalue weighted by molar-refractivity contribution is 0.0600. The molecule has 1 aliphatic rings. The Morgan fingerprint density at radius 2 is 2.27 bits per heavy atom. The summed E-state index contributed by atoms with van der Waals surface area (Å²) in [7, 11) is 1.39. The topological polar surface area (TPSA) is 52.3 Å². The van der Waals surface area contributed by atoms with Gasteiger partial charge in [-0.1, -0.05) is 12.1 Å². The molecule has 1 fully saturated rings. The Kier molecular flexibility index (Phi) is 2.49. The highest BCUT2D eigenvalue weighted by Crippen LogP contribution is 2.35. The van der Waals surface area contributed by atoms with E-state index in [2.05, 4.69) is 4.74 Å². The number of benzene rings is 1. The number of ether oxygens (including phenoxy) is 1. The normalized spacial score (nSPS) is 17.2. The molecule has 0 amide bonds. The summed E-state index contributed by atoms with van der Waals surface area (Å²) >= 11 is 0. The minimum Gasteiger partial charge on any atom is -0.465 e. The molecule has 2 rings (SSSR count). The molecule has 1 saturated carbocycles. The first kappa shape index (κ1) is 10.2. The number of methoxy groups -OCH3 is 1. The number of esters is 1. The second-order valence-corrected chi connectivity index (χ2v) is 4.23. The average molecular weight is 205 g/mol. The second kappa shape index (κ2) is 3.66. The van der Waals surface area contributed by atoms with Crippen LogP contribution in [-0.2, 0) is 11.2 Å². The van der Waals surface area contributed by atoms with E-state index in [1.165, 1.54) is 7.11 Å². The van der Waals surface area contributed by atoms with Gasteiger partial charge in [-0.15, -0.1) is 0 Å². The van der Waals surface area contributed by atoms with Crippen LogP contribution < -0.4 is 5.73 Å². The first-order valence-electron chi connectivity index (χ1n) is 5.09. The van der Waals surface area contributed by atoms with Crippen LogP contribution in [0.2, 0.25) is 0 Å². The molecule has 15 heavy (non-hydrogen) atoms. The highest BCUT2D eigenvalue weighted by Gasteiger charge is 2.37. The van der Waals surface area contributed by atoms with Crippen LogP contribution in [0.25, 0.3) is 0 Å². The first-order chi connectivity index (χ1) is 7.13. The largest absolute Gasteiger partial charge is 0.465 e. The fourth-order valence-electron chi connectivity index (χ4n) is 1.67. The zero-order valence-electron chi connectivity index (χ0n) is 8.82. The molecule has 0 aliphatic heterocycles. The van der Waals surface area contributed by atoms with Crippen molar-refractivity contribution in [2.75, 3.05) is 7.11 Å². The van der Waals surface area contributed by atoms with Crippen molar-refractivity contribution >= 4 is 5.97 Å². The second-order valence-electron chi connectivity index (χ2n) is 4.23. The van der Waals surface area contributed by atoms with E-state index in [0.29, 0.717) is 5.56 Å². The van der Waals surface area contributed by atoms with E-state index >= 15 is 0 Å². The Morgan fingerprint density at radius 1 is 1.53 bits per heavy atom. The molecule has 0 atom stereocenters. The summed E-state index contributed by atoms with van der Waals surface area (Å²) in [4.78, 5) is 11.3. The van der Waals surface area contributed by atoms with Crippen molar-refractivity contribution in [3.8, 4) is 0 Å². The van der Waals surface area contributed by atoms with Crippen LogP contribution in [0.5, 0.6) is 0 Å². The van der Waals surface area contributed by atoms with Crippen molar-refractivity contribution in [3.05, 3.63) is 35.4 Å². The predicted molar refractivity (Wildman–Crippen MR) is 57.6 cm³/mol. The average Bonchev–Trinajstić information content (AvgIpc) is 2.95. The fourth-order valence-corrected chi connectivity index (χ4v) is 1.67. The number of carbonyl (C=O) groups excluding carboxylic acids is 1. The summed E-state index contributed by atoms with van der Waals surface area (Å²) in [6, 6.07) is 7.48. The van der Waals surface area contributed by atoms with E-state index in [-0.39, 0.29) is 11.5 Å². The van der Waals surface area contributed by atoms with E-state index in [9.17, 15) is 4.79 Å². The molecule has 0 unspecified atom stereocenters. The Bertz CT molecular complexity index is 383. The van der Waals surface area contributed by atoms with Gasteiger partial charge in [-0.3, -0.25) is 0 Å². The fraction of sp³-hybridized carbons (Fsp3) is 0.417. The molecule has 3 nitrogen and oxygen atoms in total. The van der Waals surface area contributed by atoms with Crippen LogP contribution in [-0.4, -0.2) is 18.6 Å². The van der Waals surface area contributed by atoms with Crippen molar-refractivity contribution in [2.45, 2.75) is 24.8 Å². The molecule has 0 aromatic heterocycles. The van der Waals surface area contributed by atoms with Crippen molar-refractivity contribution in [1.82, 2.24) is 0 Å². The van der Waals surface area contributed by atoms with Gasteiger partial charge in [0, 0.05) is 5.54 Å². The summed E-state index contributed by atoms with van der Waals surface area (Å²) < 4.78 is 4.67. The van der Waals surface area contributed by atoms with Gasteiger partial charge in [-0.05, 0) is 37.0 Å². The van der Waals surface area contributed by atoms with Crippen LogP contribution in [0.15, 0.2) is 24.3 Å². The highest BCUT2D eigenvalue weighted by atomic mass is 16.5. The molecule has 1 aliphatic carbocycles. The third-order valence-electron chi connectivity index (χ3n) is 2.80. The summed E-state index contributed by atoms with van der Waals surface area (Å²) in [5.41, 5.74) is 7.71. The summed E-state index contributed by atoms with van der Waals surface area (Å²) in [6.07, 6.45) is 3.00. The molecule has 1 aromatic carbocycles. The third-order valence-corrected chi connectivity index (χ3v) is 2.80. The highest BCUT2D eigenvalue weighted by molar-refractivity contribution is 5.89. The van der Waals surface area contributed by atoms with E-state index in [1.807, 2.05) is 18.2 Å². The Hall–Kier alpha value is -1.35. The monoisotopic (exact) mass is 205 g/mol. The summed E-state index contributed by atoms with van der Waals surface area (Å²) in [5, 5.41) is 0. The molecule has 0 bridgehead atoms. The van der Waals surface area contributed by atoms with Gasteiger partial charge in [-0.2, -0.15) is 0 Å². The lowest BCUT2D eigenvalue weighted by Gasteiger charge is -2.09. The zero-order chi connectivity index (χ0) is 10.9. The van der Waals surface area contributed by atoms with Crippen molar-refractivity contribution in [2.24, 2.45) is 5.73 Å². The zero-order valence-corrected chi connectivity index (χ0v) is 8.82. The number of carbonyl (C=O) groups is 1. The lowest BCUT2D eigenvalue weighted by Crippen LogP contribution is -2.24. The van der Waals surface area contributed by atoms with Gasteiger partial charge in [0.2, 0.25) is 0 Å². The molecule has 0 radical (unpaired) electrons. The van der Waals surface area contributed by atoms with Crippen molar-refractivity contribution in [1.29, 1.82) is 0 Å². The minimum absolute atomic E-state index is 0.0191. The van der Waals surface area contributed by atoms with E-state index in [1.54, 1.807) is 6.07 Å². The van der Waals surface area contributed by atoms with Gasteiger partial charge in [-0.25, -0.2) is 4.79 Å². The maximum absolute atomic E-state index is 11.3. The predicted octanol–water partition coefficient (Wildman–Crippen LogP) is 1.51. The van der Waals surface area contributed by atoms with Gasteiger partial charge in [0.15, 0.2) is 0 Å². The van der Waals surface area contributed by atoms with Crippen molar-refractivity contribution in [3.63, 3.8) is 0 Å². The van der Waals surface area contributed by atoms with Crippen LogP contribution in [0.3, 0.4) is 0 Å². The maximum Gasteiger partial charge on any atom is 0.337 e. The van der Waals surface area contributed by atoms with E-state index in [0.717, 1.165) is 24.8 Å². The molecular weight excluding hydrogens is 190 g/mol. The quantitative estimate of drug-likeness (QED) is 0.761. The Labute approximate surface area is 89.2 Å². The molecule has 80 valence electrons. The lowest BCUT2D eigenvalue weighted by atomic mass is 10.0. The number of hydrogen-bond acceptors (Lipinski definition) is 3. The van der Waals surface area contributed by atoms with Gasteiger partial charge in [0.1, 0.15) is 0 Å². The summed E-state index contributed by atoms with van der Waals surface area (Å²) in [5.74, 6) is -0.293.